The monoisotopic (exact) mass is 423 g/mol. The Balaban J connectivity index is 0.00000192. The van der Waals surface area contributed by atoms with Gasteiger partial charge in [0.2, 0.25) is 10.0 Å². The van der Waals surface area contributed by atoms with E-state index in [0.717, 1.165) is 18.5 Å². The highest BCUT2D eigenvalue weighted by atomic mass is 79.9. The average Bonchev–Trinajstić information content (AvgIpc) is 3.02. The molecule has 1 aliphatic heterocycles. The normalized spacial score (nSPS) is 27.6. The van der Waals surface area contributed by atoms with Crippen molar-refractivity contribution in [1.82, 2.24) is 4.31 Å². The first kappa shape index (κ1) is 19.0. The van der Waals surface area contributed by atoms with Crippen LogP contribution in [0.25, 0.3) is 0 Å². The molecule has 2 aliphatic rings. The van der Waals surface area contributed by atoms with E-state index in [-0.39, 0.29) is 18.4 Å². The number of halogens is 2. The second kappa shape index (κ2) is 6.88. The smallest absolute Gasteiger partial charge is 0.244 e. The largest absolute Gasteiger partial charge is 0.378 e. The second-order valence-electron chi connectivity index (χ2n) is 6.50. The molecule has 8 heteroatoms. The highest BCUT2D eigenvalue weighted by Crippen LogP contribution is 2.40. The van der Waals surface area contributed by atoms with Gasteiger partial charge in [0.05, 0.1) is 4.90 Å². The lowest BCUT2D eigenvalue weighted by Gasteiger charge is -2.21. The predicted octanol–water partition coefficient (Wildman–Crippen LogP) is 2.29. The summed E-state index contributed by atoms with van der Waals surface area (Å²) in [5.74, 6) is 0.728. The summed E-state index contributed by atoms with van der Waals surface area (Å²) < 4.78 is 28.2. The molecule has 0 radical (unpaired) electrons. The van der Waals surface area contributed by atoms with Crippen molar-refractivity contribution in [2.75, 3.05) is 32.1 Å². The van der Waals surface area contributed by atoms with Crippen LogP contribution < -0.4 is 10.6 Å². The van der Waals surface area contributed by atoms with Gasteiger partial charge in [-0.25, -0.2) is 8.42 Å². The highest BCUT2D eigenvalue weighted by Gasteiger charge is 2.45. The van der Waals surface area contributed by atoms with Gasteiger partial charge >= 0.3 is 0 Å². The molecule has 1 heterocycles. The van der Waals surface area contributed by atoms with Crippen LogP contribution in [0, 0.1) is 11.8 Å². The predicted molar refractivity (Wildman–Crippen MR) is 98.7 cm³/mol. The van der Waals surface area contributed by atoms with Crippen molar-refractivity contribution in [3.63, 3.8) is 0 Å². The average molecular weight is 425 g/mol. The highest BCUT2D eigenvalue weighted by molar-refractivity contribution is 9.10. The zero-order valence-corrected chi connectivity index (χ0v) is 16.5. The van der Waals surface area contributed by atoms with Crippen LogP contribution in [-0.4, -0.2) is 45.9 Å². The van der Waals surface area contributed by atoms with Gasteiger partial charge in [-0.05, 0) is 58.8 Å². The van der Waals surface area contributed by atoms with Crippen molar-refractivity contribution in [1.29, 1.82) is 0 Å². The van der Waals surface area contributed by atoms with Gasteiger partial charge < -0.3 is 10.6 Å². The number of sulfonamides is 1. The Kier molecular flexibility index (Phi) is 5.68. The molecule has 0 bridgehead atoms. The first-order valence-corrected chi connectivity index (χ1v) is 9.76. The Morgan fingerprint density at radius 3 is 2.57 bits per heavy atom. The number of anilines is 1. The minimum atomic E-state index is -3.49. The van der Waals surface area contributed by atoms with Gasteiger partial charge in [-0.15, -0.1) is 12.4 Å². The van der Waals surface area contributed by atoms with E-state index in [9.17, 15) is 8.42 Å². The number of rotatable bonds is 3. The summed E-state index contributed by atoms with van der Waals surface area (Å²) in [6.07, 6.45) is 2.06. The third-order valence-corrected chi connectivity index (χ3v) is 7.75. The fraction of sp³-hybridized carbons (Fsp3) is 0.600. The van der Waals surface area contributed by atoms with Crippen LogP contribution in [0.4, 0.5) is 5.69 Å². The molecule has 0 amide bonds. The molecule has 2 fully saturated rings. The summed E-state index contributed by atoms with van der Waals surface area (Å²) >= 11 is 3.39. The van der Waals surface area contributed by atoms with Crippen LogP contribution in [0.1, 0.15) is 12.8 Å². The van der Waals surface area contributed by atoms with Crippen molar-refractivity contribution >= 4 is 44.0 Å². The van der Waals surface area contributed by atoms with Crippen molar-refractivity contribution in [3.8, 4) is 0 Å². The molecule has 3 atom stereocenters. The molecular formula is C15H23BrClN3O2S. The maximum atomic E-state index is 13.0. The Bertz CT molecular complexity index is 683. The molecule has 0 aromatic heterocycles. The first-order valence-electron chi connectivity index (χ1n) is 7.53. The molecule has 5 nitrogen and oxygen atoms in total. The Hall–Kier alpha value is -0.340. The van der Waals surface area contributed by atoms with E-state index >= 15 is 0 Å². The van der Waals surface area contributed by atoms with E-state index in [2.05, 4.69) is 15.9 Å². The lowest BCUT2D eigenvalue weighted by molar-refractivity contribution is 0.427. The topological polar surface area (TPSA) is 66.6 Å². The molecule has 3 rings (SSSR count). The maximum absolute atomic E-state index is 13.0. The standard InChI is InChI=1S/C15H22BrN3O2S.ClH/c1-18(2)11-4-5-13(16)15(7-11)22(20,21)19-8-10-3-6-14(17)12(10)9-19;/h4-5,7,10,12,14H,3,6,8-9,17H2,1-2H3;1H. The molecule has 1 aromatic carbocycles. The molecule has 1 aliphatic carbocycles. The van der Waals surface area contributed by atoms with Crippen LogP contribution in [-0.2, 0) is 10.0 Å². The summed E-state index contributed by atoms with van der Waals surface area (Å²) in [4.78, 5) is 2.24. The summed E-state index contributed by atoms with van der Waals surface area (Å²) in [6, 6.07) is 5.57. The molecular weight excluding hydrogens is 402 g/mol. The van der Waals surface area contributed by atoms with Crippen molar-refractivity contribution in [2.45, 2.75) is 23.8 Å². The lowest BCUT2D eigenvalue weighted by atomic mass is 9.98. The van der Waals surface area contributed by atoms with Gasteiger partial charge in [-0.3, -0.25) is 0 Å². The minimum Gasteiger partial charge on any atom is -0.378 e. The minimum absolute atomic E-state index is 0. The van der Waals surface area contributed by atoms with Crippen molar-refractivity contribution in [3.05, 3.63) is 22.7 Å². The van der Waals surface area contributed by atoms with Gasteiger partial charge in [0.1, 0.15) is 0 Å². The van der Waals surface area contributed by atoms with Crippen LogP contribution in [0.3, 0.4) is 0 Å². The van der Waals surface area contributed by atoms with Gasteiger partial charge in [-0.1, -0.05) is 0 Å². The second-order valence-corrected chi connectivity index (χ2v) is 9.26. The molecule has 1 saturated heterocycles. The van der Waals surface area contributed by atoms with Gasteiger partial charge in [-0.2, -0.15) is 4.31 Å². The summed E-state index contributed by atoms with van der Waals surface area (Å²) in [7, 11) is 0.317. The first-order chi connectivity index (χ1) is 10.3. The third-order valence-electron chi connectivity index (χ3n) is 4.93. The SMILES string of the molecule is CN(C)c1ccc(Br)c(S(=O)(=O)N2CC3CCC(N)C3C2)c1.Cl. The van der Waals surface area contributed by atoms with Crippen LogP contribution >= 0.6 is 28.3 Å². The van der Waals surface area contributed by atoms with Gasteiger partial charge in [0, 0.05) is 43.4 Å². The van der Waals surface area contributed by atoms with E-state index in [1.165, 1.54) is 0 Å². The number of nitrogens with zero attached hydrogens (tertiary/aromatic N) is 2. The fourth-order valence-corrected chi connectivity index (χ4v) is 6.05. The van der Waals surface area contributed by atoms with Crippen LogP contribution in [0.2, 0.25) is 0 Å². The zero-order chi connectivity index (χ0) is 16.1. The number of benzene rings is 1. The van der Waals surface area contributed by atoms with E-state index in [0.29, 0.717) is 34.3 Å². The molecule has 1 aromatic rings. The molecule has 1 saturated carbocycles. The summed E-state index contributed by atoms with van der Waals surface area (Å²) in [6.45, 7) is 1.14. The Morgan fingerprint density at radius 1 is 1.26 bits per heavy atom. The zero-order valence-electron chi connectivity index (χ0n) is 13.3. The molecule has 3 unspecified atom stereocenters. The van der Waals surface area contributed by atoms with Gasteiger partial charge in [0.25, 0.3) is 0 Å². The quantitative estimate of drug-likeness (QED) is 0.808. The van der Waals surface area contributed by atoms with Crippen molar-refractivity contribution < 1.29 is 8.42 Å². The number of fused-ring (bicyclic) bond motifs is 1. The lowest BCUT2D eigenvalue weighted by Crippen LogP contribution is -2.33. The van der Waals surface area contributed by atoms with E-state index in [4.69, 9.17) is 5.73 Å². The van der Waals surface area contributed by atoms with E-state index in [1.807, 2.05) is 25.1 Å². The fourth-order valence-electron chi connectivity index (χ4n) is 3.57. The Labute approximate surface area is 152 Å². The molecule has 23 heavy (non-hydrogen) atoms. The van der Waals surface area contributed by atoms with Crippen LogP contribution in [0.5, 0.6) is 0 Å². The van der Waals surface area contributed by atoms with Gasteiger partial charge in [0.15, 0.2) is 0 Å². The maximum Gasteiger partial charge on any atom is 0.244 e. The number of hydrogen-bond acceptors (Lipinski definition) is 4. The van der Waals surface area contributed by atoms with E-state index < -0.39 is 10.0 Å². The molecule has 2 N–H and O–H groups in total. The molecule has 130 valence electrons. The van der Waals surface area contributed by atoms with Crippen LogP contribution in [0.15, 0.2) is 27.6 Å². The van der Waals surface area contributed by atoms with E-state index in [1.54, 1.807) is 16.4 Å². The summed E-state index contributed by atoms with van der Waals surface area (Å²) in [5.41, 5.74) is 6.99. The molecule has 0 spiro atoms. The third kappa shape index (κ3) is 3.39. The number of hydrogen-bond donors (Lipinski definition) is 1. The number of nitrogens with two attached hydrogens (primary N) is 1. The summed E-state index contributed by atoms with van der Waals surface area (Å²) in [5, 5.41) is 0. The Morgan fingerprint density at radius 2 is 1.96 bits per heavy atom. The van der Waals surface area contributed by atoms with Crippen molar-refractivity contribution in [2.24, 2.45) is 17.6 Å².